The van der Waals surface area contributed by atoms with Crippen LogP contribution in [0.2, 0.25) is 0 Å². The maximum Gasteiger partial charge on any atom is 0.0384 e. The first-order valence-corrected chi connectivity index (χ1v) is 12.0. The number of allylic oxidation sites excluding steroid dienone is 18. The average Bonchev–Trinajstić information content (AvgIpc) is 2.93. The second-order valence-electron chi connectivity index (χ2n) is 7.83. The quantitative estimate of drug-likeness (QED) is 0.265. The fourth-order valence-corrected chi connectivity index (χ4v) is 3.23. The molecule has 0 fully saturated rings. The predicted octanol–water partition coefficient (Wildman–Crippen LogP) is 10.3. The first kappa shape index (κ1) is 28.4. The van der Waals surface area contributed by atoms with Crippen molar-refractivity contribution in [3.63, 3.8) is 0 Å². The summed E-state index contributed by atoms with van der Waals surface area (Å²) in [6.07, 6.45) is 30.8. The van der Waals surface area contributed by atoms with Gasteiger partial charge in [-0.25, -0.2) is 0 Å². The zero-order chi connectivity index (χ0) is 26.7. The number of anilines is 2. The van der Waals surface area contributed by atoms with E-state index in [0.29, 0.717) is 0 Å². The summed E-state index contributed by atoms with van der Waals surface area (Å²) in [6.45, 7) is 19.0. The lowest BCUT2D eigenvalue weighted by molar-refractivity contribution is 1.52. The number of benzene rings is 2. The molecule has 0 saturated carbocycles. The minimum absolute atomic E-state index is 0.999. The second-order valence-corrected chi connectivity index (χ2v) is 7.83. The Balaban J connectivity index is 2.03. The van der Waals surface area contributed by atoms with Crippen molar-refractivity contribution < 1.29 is 0 Å². The molecule has 2 rings (SSSR count). The third kappa shape index (κ3) is 10.5. The summed E-state index contributed by atoms with van der Waals surface area (Å²) in [6, 6.07) is 16.6. The van der Waals surface area contributed by atoms with Crippen LogP contribution in [0.3, 0.4) is 0 Å². The molecule has 0 radical (unpaired) electrons. The summed E-state index contributed by atoms with van der Waals surface area (Å²) < 4.78 is 0. The van der Waals surface area contributed by atoms with E-state index in [9.17, 15) is 0 Å². The number of hydrogen-bond donors (Lipinski definition) is 1. The molecule has 0 aliphatic heterocycles. The zero-order valence-electron chi connectivity index (χ0n) is 21.4. The van der Waals surface area contributed by atoms with Gasteiger partial charge in [0.1, 0.15) is 0 Å². The first-order valence-electron chi connectivity index (χ1n) is 12.0. The molecule has 184 valence electrons. The molecule has 0 aliphatic rings. The van der Waals surface area contributed by atoms with E-state index in [1.54, 1.807) is 18.2 Å². The minimum Gasteiger partial charge on any atom is -0.356 e. The first-order chi connectivity index (χ1) is 18.1. The van der Waals surface area contributed by atoms with Crippen LogP contribution in [0.5, 0.6) is 0 Å². The van der Waals surface area contributed by atoms with Gasteiger partial charge in [0, 0.05) is 11.4 Å². The molecule has 0 bridgehead atoms. The molecule has 0 amide bonds. The van der Waals surface area contributed by atoms with Gasteiger partial charge in [0.05, 0.1) is 0 Å². The third-order valence-corrected chi connectivity index (χ3v) is 5.21. The van der Waals surface area contributed by atoms with Crippen LogP contribution in [-0.2, 0) is 0 Å². The van der Waals surface area contributed by atoms with E-state index in [4.69, 9.17) is 0 Å². The smallest absolute Gasteiger partial charge is 0.0384 e. The van der Waals surface area contributed by atoms with Gasteiger partial charge in [0.25, 0.3) is 0 Å². The van der Waals surface area contributed by atoms with Crippen LogP contribution in [-0.4, -0.2) is 0 Å². The van der Waals surface area contributed by atoms with E-state index in [0.717, 1.165) is 39.2 Å². The minimum atomic E-state index is 0.999. The van der Waals surface area contributed by atoms with Crippen molar-refractivity contribution in [1.82, 2.24) is 0 Å². The van der Waals surface area contributed by atoms with Crippen molar-refractivity contribution in [2.24, 2.45) is 0 Å². The molecule has 0 spiro atoms. The van der Waals surface area contributed by atoms with Crippen LogP contribution in [0.4, 0.5) is 11.4 Å². The summed E-state index contributed by atoms with van der Waals surface area (Å²) in [4.78, 5) is 0. The lowest BCUT2D eigenvalue weighted by atomic mass is 10.0. The Morgan fingerprint density at radius 1 is 0.541 bits per heavy atom. The van der Waals surface area contributed by atoms with Crippen molar-refractivity contribution in [2.75, 3.05) is 5.32 Å². The van der Waals surface area contributed by atoms with Crippen LogP contribution in [0.15, 0.2) is 184 Å². The van der Waals surface area contributed by atoms with Crippen molar-refractivity contribution >= 4 is 23.0 Å². The van der Waals surface area contributed by atoms with Gasteiger partial charge in [-0.05, 0) is 52.1 Å². The van der Waals surface area contributed by atoms with Gasteiger partial charge in [-0.1, -0.05) is 154 Å². The van der Waals surface area contributed by atoms with Gasteiger partial charge >= 0.3 is 0 Å². The molecule has 0 heterocycles. The Bertz CT molecular complexity index is 1280. The van der Waals surface area contributed by atoms with Crippen LogP contribution < -0.4 is 5.32 Å². The molecular weight excluding hydrogens is 446 g/mol. The number of nitrogens with one attached hydrogen (secondary N) is 1. The standard InChI is InChI=1S/C36H35N/c1-6-11-12-13-17-31(9-4)18-14-20-32-22-26-35(27-23-32)37-36-28-24-34(25-29-36)33(10-5)21-15-19-30(8-3)16-7-2/h6-29,37H,1-5H2. The highest BCUT2D eigenvalue weighted by atomic mass is 14.9. The third-order valence-electron chi connectivity index (χ3n) is 5.21. The van der Waals surface area contributed by atoms with Crippen LogP contribution >= 0.6 is 0 Å². The van der Waals surface area contributed by atoms with Crippen molar-refractivity contribution in [3.8, 4) is 0 Å². The normalized spacial score (nSPS) is 12.9. The summed E-state index contributed by atoms with van der Waals surface area (Å²) >= 11 is 0. The molecule has 37 heavy (non-hydrogen) atoms. The van der Waals surface area contributed by atoms with Crippen molar-refractivity contribution in [1.29, 1.82) is 0 Å². The van der Waals surface area contributed by atoms with E-state index in [2.05, 4.69) is 92.8 Å². The molecule has 1 nitrogen and oxygen atoms in total. The summed E-state index contributed by atoms with van der Waals surface area (Å²) in [5, 5.41) is 3.45. The SMILES string of the molecule is C=CC=CC=CC(C=C)=CC=Cc1ccc(Nc2ccc(C(C=C)=CC=CC(C=C)=CC=C)cc2)cc1. The van der Waals surface area contributed by atoms with E-state index < -0.39 is 0 Å². The number of hydrogen-bond acceptors (Lipinski definition) is 1. The van der Waals surface area contributed by atoms with Crippen LogP contribution in [0, 0.1) is 0 Å². The zero-order valence-corrected chi connectivity index (χ0v) is 21.4. The highest BCUT2D eigenvalue weighted by molar-refractivity contribution is 5.76. The van der Waals surface area contributed by atoms with Gasteiger partial charge in [0.15, 0.2) is 0 Å². The molecule has 0 aromatic heterocycles. The predicted molar refractivity (Wildman–Crippen MR) is 168 cm³/mol. The average molecular weight is 482 g/mol. The maximum absolute atomic E-state index is 3.95. The maximum atomic E-state index is 3.95. The molecule has 0 saturated heterocycles. The highest BCUT2D eigenvalue weighted by Gasteiger charge is 1.99. The number of rotatable bonds is 14. The van der Waals surface area contributed by atoms with Gasteiger partial charge in [-0.3, -0.25) is 0 Å². The fourth-order valence-electron chi connectivity index (χ4n) is 3.23. The monoisotopic (exact) mass is 481 g/mol. The lowest BCUT2D eigenvalue weighted by Crippen LogP contribution is -1.90. The van der Waals surface area contributed by atoms with E-state index in [1.807, 2.05) is 72.9 Å². The van der Waals surface area contributed by atoms with E-state index in [1.165, 1.54) is 0 Å². The second kappa shape index (κ2) is 16.7. The molecule has 2 aromatic rings. The molecule has 0 atom stereocenters. The largest absolute Gasteiger partial charge is 0.356 e. The van der Waals surface area contributed by atoms with Crippen LogP contribution in [0.25, 0.3) is 11.6 Å². The molecular formula is C36H35N. The highest BCUT2D eigenvalue weighted by Crippen LogP contribution is 2.22. The molecule has 1 N–H and O–H groups in total. The van der Waals surface area contributed by atoms with Crippen LogP contribution in [0.1, 0.15) is 11.1 Å². The van der Waals surface area contributed by atoms with E-state index in [-0.39, 0.29) is 0 Å². The summed E-state index contributed by atoms with van der Waals surface area (Å²) in [7, 11) is 0. The molecule has 0 aliphatic carbocycles. The van der Waals surface area contributed by atoms with Crippen molar-refractivity contribution in [2.45, 2.75) is 0 Å². The Morgan fingerprint density at radius 2 is 1.16 bits per heavy atom. The Hall–Kier alpha value is -4.88. The molecule has 0 unspecified atom stereocenters. The fraction of sp³-hybridized carbons (Fsp3) is 0. The van der Waals surface area contributed by atoms with Gasteiger partial charge in [0.2, 0.25) is 0 Å². The van der Waals surface area contributed by atoms with Gasteiger partial charge in [-0.15, -0.1) is 0 Å². The lowest BCUT2D eigenvalue weighted by Gasteiger charge is -2.08. The summed E-state index contributed by atoms with van der Waals surface area (Å²) in [5.41, 5.74) is 7.33. The Labute approximate surface area is 223 Å². The van der Waals surface area contributed by atoms with Gasteiger partial charge in [-0.2, -0.15) is 0 Å². The van der Waals surface area contributed by atoms with Gasteiger partial charge < -0.3 is 5.32 Å². The van der Waals surface area contributed by atoms with Crippen molar-refractivity contribution in [3.05, 3.63) is 195 Å². The summed E-state index contributed by atoms with van der Waals surface area (Å²) in [5.74, 6) is 0. The molecule has 2 aromatic carbocycles. The Kier molecular flexibility index (Phi) is 12.8. The molecule has 1 heteroatoms. The topological polar surface area (TPSA) is 12.0 Å². The Morgan fingerprint density at radius 3 is 1.76 bits per heavy atom. The van der Waals surface area contributed by atoms with E-state index >= 15 is 0 Å².